The fraction of sp³-hybridized carbons (Fsp3) is 0.750. The quantitative estimate of drug-likeness (QED) is 0.791. The lowest BCUT2D eigenvalue weighted by molar-refractivity contribution is 0.171. The van der Waals surface area contributed by atoms with Crippen molar-refractivity contribution in [2.45, 2.75) is 39.5 Å². The highest BCUT2D eigenvalue weighted by Gasteiger charge is 2.22. The van der Waals surface area contributed by atoms with E-state index in [9.17, 15) is 4.79 Å². The van der Waals surface area contributed by atoms with E-state index in [0.29, 0.717) is 5.92 Å². The largest absolute Gasteiger partial charge is 0.338 e. The summed E-state index contributed by atoms with van der Waals surface area (Å²) in [6, 6.07) is 0.103. The molecule has 0 bridgehead atoms. The molecule has 22 heavy (non-hydrogen) atoms. The number of likely N-dealkylation sites (tertiary alicyclic amines) is 1. The Hall–Kier alpha value is -1.17. The SMILES string of the molecule is CSC[C@@H]1CCCN(C(=O)NCCCc2c(C)n[nH]c2C)C1. The van der Waals surface area contributed by atoms with Crippen molar-refractivity contribution in [1.29, 1.82) is 0 Å². The number of nitrogens with one attached hydrogen (secondary N) is 2. The fourth-order valence-electron chi connectivity index (χ4n) is 3.14. The number of rotatable bonds is 6. The molecule has 1 aromatic rings. The lowest BCUT2D eigenvalue weighted by Gasteiger charge is -2.32. The van der Waals surface area contributed by atoms with Crippen molar-refractivity contribution in [3.63, 3.8) is 0 Å². The molecule has 1 aliphatic rings. The van der Waals surface area contributed by atoms with Crippen LogP contribution < -0.4 is 5.32 Å². The van der Waals surface area contributed by atoms with E-state index < -0.39 is 0 Å². The van der Waals surface area contributed by atoms with Gasteiger partial charge in [-0.2, -0.15) is 16.9 Å². The van der Waals surface area contributed by atoms with E-state index in [2.05, 4.69) is 21.8 Å². The zero-order valence-electron chi connectivity index (χ0n) is 13.9. The van der Waals surface area contributed by atoms with Crippen LogP contribution in [-0.4, -0.2) is 52.8 Å². The summed E-state index contributed by atoms with van der Waals surface area (Å²) < 4.78 is 0. The number of nitrogens with zero attached hydrogens (tertiary/aromatic N) is 2. The highest BCUT2D eigenvalue weighted by atomic mass is 32.2. The summed E-state index contributed by atoms with van der Waals surface area (Å²) in [5.74, 6) is 1.81. The maximum absolute atomic E-state index is 12.2. The molecule has 0 aromatic carbocycles. The van der Waals surface area contributed by atoms with Crippen molar-refractivity contribution in [2.24, 2.45) is 5.92 Å². The number of H-pyrrole nitrogens is 1. The third-order valence-electron chi connectivity index (χ3n) is 4.37. The van der Waals surface area contributed by atoms with Gasteiger partial charge in [-0.05, 0) is 63.0 Å². The molecule has 124 valence electrons. The molecule has 1 saturated heterocycles. The van der Waals surface area contributed by atoms with E-state index in [1.807, 2.05) is 30.5 Å². The van der Waals surface area contributed by atoms with E-state index in [-0.39, 0.29) is 6.03 Å². The van der Waals surface area contributed by atoms with Gasteiger partial charge in [-0.3, -0.25) is 5.10 Å². The number of amides is 2. The molecular formula is C16H28N4OS. The minimum Gasteiger partial charge on any atom is -0.338 e. The normalized spacial score (nSPS) is 18.5. The molecule has 2 heterocycles. The number of aryl methyl sites for hydroxylation is 2. The van der Waals surface area contributed by atoms with E-state index in [4.69, 9.17) is 0 Å². The molecule has 0 unspecified atom stereocenters. The molecule has 6 heteroatoms. The molecule has 1 aliphatic heterocycles. The average Bonchev–Trinajstić information content (AvgIpc) is 2.83. The van der Waals surface area contributed by atoms with Gasteiger partial charge in [0.05, 0.1) is 5.69 Å². The number of carbonyl (C=O) groups is 1. The highest BCUT2D eigenvalue weighted by molar-refractivity contribution is 7.98. The number of hydrogen-bond acceptors (Lipinski definition) is 3. The predicted molar refractivity (Wildman–Crippen MR) is 92.5 cm³/mol. The highest BCUT2D eigenvalue weighted by Crippen LogP contribution is 2.19. The van der Waals surface area contributed by atoms with Crippen LogP contribution in [0.25, 0.3) is 0 Å². The first kappa shape index (κ1) is 17.2. The first-order valence-electron chi connectivity index (χ1n) is 8.14. The molecule has 2 N–H and O–H groups in total. The molecule has 5 nitrogen and oxygen atoms in total. The Bertz CT molecular complexity index is 467. The summed E-state index contributed by atoms with van der Waals surface area (Å²) in [6.45, 7) is 6.61. The molecule has 1 aromatic heterocycles. The summed E-state index contributed by atoms with van der Waals surface area (Å²) in [5.41, 5.74) is 3.49. The number of aromatic nitrogens is 2. The Morgan fingerprint density at radius 3 is 3.00 bits per heavy atom. The molecule has 0 aliphatic carbocycles. The maximum Gasteiger partial charge on any atom is 0.317 e. The minimum atomic E-state index is 0.103. The van der Waals surface area contributed by atoms with Gasteiger partial charge < -0.3 is 10.2 Å². The second kappa shape index (κ2) is 8.46. The molecule has 2 rings (SSSR count). The second-order valence-corrected chi connectivity index (χ2v) is 7.07. The number of carbonyl (C=O) groups excluding carboxylic acids is 1. The Morgan fingerprint density at radius 1 is 1.50 bits per heavy atom. The molecule has 1 fully saturated rings. The summed E-state index contributed by atoms with van der Waals surface area (Å²) >= 11 is 1.88. The first-order valence-corrected chi connectivity index (χ1v) is 9.53. The molecule has 0 spiro atoms. The Labute approximate surface area is 137 Å². The van der Waals surface area contributed by atoms with Crippen LogP contribution >= 0.6 is 11.8 Å². The summed E-state index contributed by atoms with van der Waals surface area (Å²) in [6.07, 6.45) is 6.44. The van der Waals surface area contributed by atoms with Crippen molar-refractivity contribution in [1.82, 2.24) is 20.4 Å². The standard InChI is InChI=1S/C16H28N4OS/c1-12-15(13(2)19-18-12)7-4-8-17-16(21)20-9-5-6-14(10-20)11-22-3/h14H,4-11H2,1-3H3,(H,17,21)(H,18,19)/t14-/m1/s1. The maximum atomic E-state index is 12.2. The van der Waals surface area contributed by atoms with E-state index >= 15 is 0 Å². The van der Waals surface area contributed by atoms with Crippen LogP contribution in [0.3, 0.4) is 0 Å². The van der Waals surface area contributed by atoms with Crippen molar-refractivity contribution in [3.8, 4) is 0 Å². The Morgan fingerprint density at radius 2 is 2.32 bits per heavy atom. The Kier molecular flexibility index (Phi) is 6.61. The van der Waals surface area contributed by atoms with Crippen molar-refractivity contribution >= 4 is 17.8 Å². The zero-order valence-corrected chi connectivity index (χ0v) is 14.8. The number of aromatic amines is 1. The molecule has 1 atom stereocenters. The van der Waals surface area contributed by atoms with E-state index in [1.54, 1.807) is 0 Å². The molecular weight excluding hydrogens is 296 g/mol. The van der Waals surface area contributed by atoms with Gasteiger partial charge in [0.25, 0.3) is 0 Å². The third-order valence-corrected chi connectivity index (χ3v) is 5.17. The number of hydrogen-bond donors (Lipinski definition) is 2. The number of urea groups is 1. The van der Waals surface area contributed by atoms with Gasteiger partial charge in [-0.25, -0.2) is 4.79 Å². The Balaban J connectivity index is 1.69. The van der Waals surface area contributed by atoms with Gasteiger partial charge in [-0.15, -0.1) is 0 Å². The van der Waals surface area contributed by atoms with Crippen molar-refractivity contribution in [3.05, 3.63) is 17.0 Å². The number of thioether (sulfide) groups is 1. The monoisotopic (exact) mass is 324 g/mol. The summed E-state index contributed by atoms with van der Waals surface area (Å²) in [4.78, 5) is 14.2. The first-order chi connectivity index (χ1) is 10.6. The second-order valence-electron chi connectivity index (χ2n) is 6.16. The zero-order chi connectivity index (χ0) is 15.9. The average molecular weight is 324 g/mol. The number of piperidine rings is 1. The van der Waals surface area contributed by atoms with Crippen molar-refractivity contribution < 1.29 is 4.79 Å². The van der Waals surface area contributed by atoms with Crippen LogP contribution in [0, 0.1) is 19.8 Å². The van der Waals surface area contributed by atoms with E-state index in [1.165, 1.54) is 12.0 Å². The van der Waals surface area contributed by atoms with E-state index in [0.717, 1.165) is 56.0 Å². The van der Waals surface area contributed by atoms with Crippen molar-refractivity contribution in [2.75, 3.05) is 31.6 Å². The predicted octanol–water partition coefficient (Wildman–Crippen LogP) is 2.74. The fourth-order valence-corrected chi connectivity index (χ4v) is 3.88. The molecule has 0 radical (unpaired) electrons. The third kappa shape index (κ3) is 4.66. The van der Waals surface area contributed by atoms with Gasteiger partial charge in [0.15, 0.2) is 0 Å². The van der Waals surface area contributed by atoms with Gasteiger partial charge in [0.1, 0.15) is 0 Å². The lowest BCUT2D eigenvalue weighted by Crippen LogP contribution is -2.46. The van der Waals surface area contributed by atoms with Gasteiger partial charge >= 0.3 is 6.03 Å². The van der Waals surface area contributed by atoms with Crippen LogP contribution in [0.5, 0.6) is 0 Å². The van der Waals surface area contributed by atoms with Gasteiger partial charge in [0.2, 0.25) is 0 Å². The van der Waals surface area contributed by atoms with Crippen LogP contribution in [0.1, 0.15) is 36.2 Å². The van der Waals surface area contributed by atoms with Crippen LogP contribution in [0.2, 0.25) is 0 Å². The minimum absolute atomic E-state index is 0.103. The molecule has 0 saturated carbocycles. The van der Waals surface area contributed by atoms with Crippen LogP contribution in [0.4, 0.5) is 4.79 Å². The van der Waals surface area contributed by atoms with Gasteiger partial charge in [-0.1, -0.05) is 0 Å². The topological polar surface area (TPSA) is 61.0 Å². The summed E-state index contributed by atoms with van der Waals surface area (Å²) in [7, 11) is 0. The van der Waals surface area contributed by atoms with Gasteiger partial charge in [0, 0.05) is 25.3 Å². The lowest BCUT2D eigenvalue weighted by atomic mass is 10.0. The smallest absolute Gasteiger partial charge is 0.317 e. The van der Waals surface area contributed by atoms with Crippen LogP contribution in [-0.2, 0) is 6.42 Å². The van der Waals surface area contributed by atoms with Crippen LogP contribution in [0.15, 0.2) is 0 Å². The summed E-state index contributed by atoms with van der Waals surface area (Å²) in [5, 5.41) is 10.3. The molecule has 2 amide bonds.